The van der Waals surface area contributed by atoms with Crippen LogP contribution in [-0.4, -0.2) is 10.9 Å². The van der Waals surface area contributed by atoms with Crippen LogP contribution in [-0.2, 0) is 0 Å². The van der Waals surface area contributed by atoms with Crippen molar-refractivity contribution in [2.24, 2.45) is 0 Å². The van der Waals surface area contributed by atoms with Crippen LogP contribution in [0.4, 0.5) is 11.5 Å². The van der Waals surface area contributed by atoms with Gasteiger partial charge in [0.1, 0.15) is 17.3 Å². The summed E-state index contributed by atoms with van der Waals surface area (Å²) < 4.78 is 5.92. The summed E-state index contributed by atoms with van der Waals surface area (Å²) in [5.41, 5.74) is 10.0. The summed E-state index contributed by atoms with van der Waals surface area (Å²) in [6, 6.07) is 17.2. The topological polar surface area (TPSA) is 77.2 Å². The lowest BCUT2D eigenvalue weighted by Gasteiger charge is -2.12. The number of nitrogens with two attached hydrogens (primary N) is 1. The molecule has 1 unspecified atom stereocenters. The van der Waals surface area contributed by atoms with Gasteiger partial charge in [0.25, 0.3) is 5.91 Å². The average Bonchev–Trinajstić information content (AvgIpc) is 2.73. The molecule has 3 rings (SSSR count). The number of carbonyl (C=O) groups excluding carboxylic acids is 1. The predicted molar refractivity (Wildman–Crippen MR) is 122 cm³/mol. The first-order valence-corrected chi connectivity index (χ1v) is 10.3. The summed E-state index contributed by atoms with van der Waals surface area (Å²) in [6.07, 6.45) is 2.35. The van der Waals surface area contributed by atoms with E-state index >= 15 is 0 Å². The van der Waals surface area contributed by atoms with E-state index in [1.165, 1.54) is 18.4 Å². The maximum Gasteiger partial charge on any atom is 0.259 e. The Morgan fingerprint density at radius 3 is 2.27 bits per heavy atom. The van der Waals surface area contributed by atoms with Crippen LogP contribution in [0.5, 0.6) is 11.5 Å². The Kier molecular flexibility index (Phi) is 6.72. The first-order chi connectivity index (χ1) is 14.4. The number of ether oxygens (including phenoxy) is 1. The minimum absolute atomic E-state index is 0.229. The zero-order chi connectivity index (χ0) is 21.7. The van der Waals surface area contributed by atoms with E-state index in [1.807, 2.05) is 38.1 Å². The van der Waals surface area contributed by atoms with Gasteiger partial charge < -0.3 is 15.8 Å². The van der Waals surface area contributed by atoms with Gasteiger partial charge in [0.2, 0.25) is 0 Å². The first-order valence-electron chi connectivity index (χ1n) is 10.3. The second-order valence-corrected chi connectivity index (χ2v) is 7.66. The van der Waals surface area contributed by atoms with Crippen molar-refractivity contribution < 1.29 is 9.53 Å². The SMILES string of the molecule is CCCC(C)c1ccc(Oc2ccc(NC(=O)c3cc(C)c(C)nc3N)cc2)cc1. The highest BCUT2D eigenvalue weighted by Gasteiger charge is 2.13. The minimum atomic E-state index is -0.284. The molecular weight excluding hydrogens is 374 g/mol. The van der Waals surface area contributed by atoms with Crippen molar-refractivity contribution in [2.45, 2.75) is 46.5 Å². The number of pyridine rings is 1. The molecule has 0 fully saturated rings. The molecule has 0 saturated heterocycles. The van der Waals surface area contributed by atoms with E-state index < -0.39 is 0 Å². The third kappa shape index (κ3) is 5.17. The second-order valence-electron chi connectivity index (χ2n) is 7.66. The Morgan fingerprint density at radius 2 is 1.67 bits per heavy atom. The van der Waals surface area contributed by atoms with E-state index in [9.17, 15) is 4.79 Å². The van der Waals surface area contributed by atoms with Gasteiger partial charge in [-0.25, -0.2) is 4.98 Å². The molecule has 2 aromatic carbocycles. The number of rotatable bonds is 7. The summed E-state index contributed by atoms with van der Waals surface area (Å²) in [6.45, 7) is 8.22. The zero-order valence-electron chi connectivity index (χ0n) is 18.0. The number of nitrogens with one attached hydrogen (secondary N) is 1. The Bertz CT molecular complexity index is 1010. The molecule has 0 saturated carbocycles. The molecule has 0 aliphatic rings. The molecule has 5 nitrogen and oxygen atoms in total. The second kappa shape index (κ2) is 9.44. The number of aromatic nitrogens is 1. The number of nitrogens with zero attached hydrogens (tertiary/aromatic N) is 1. The third-order valence-electron chi connectivity index (χ3n) is 5.26. The van der Waals surface area contributed by atoms with Gasteiger partial charge in [-0.05, 0) is 79.8 Å². The third-order valence-corrected chi connectivity index (χ3v) is 5.26. The standard InChI is InChI=1S/C25H29N3O2/c1-5-6-16(2)19-7-11-21(12-8-19)30-22-13-9-20(10-14-22)28-25(29)23-15-17(3)18(4)27-24(23)26/h7-16H,5-6H2,1-4H3,(H2,26,27)(H,28,29). The van der Waals surface area contributed by atoms with Crippen molar-refractivity contribution in [2.75, 3.05) is 11.1 Å². The fourth-order valence-electron chi connectivity index (χ4n) is 3.31. The monoisotopic (exact) mass is 403 g/mol. The van der Waals surface area contributed by atoms with Gasteiger partial charge in [0.15, 0.2) is 0 Å². The minimum Gasteiger partial charge on any atom is -0.457 e. The van der Waals surface area contributed by atoms with Crippen LogP contribution < -0.4 is 15.8 Å². The van der Waals surface area contributed by atoms with E-state index in [1.54, 1.807) is 18.2 Å². The summed E-state index contributed by atoms with van der Waals surface area (Å²) in [7, 11) is 0. The summed E-state index contributed by atoms with van der Waals surface area (Å²) >= 11 is 0. The molecule has 0 bridgehead atoms. The van der Waals surface area contributed by atoms with Crippen LogP contribution in [0.25, 0.3) is 0 Å². The van der Waals surface area contributed by atoms with Gasteiger partial charge in [-0.2, -0.15) is 0 Å². The molecule has 1 atom stereocenters. The Balaban J connectivity index is 1.64. The number of benzene rings is 2. The quantitative estimate of drug-likeness (QED) is 0.490. The van der Waals surface area contributed by atoms with E-state index in [4.69, 9.17) is 10.5 Å². The molecule has 3 aromatic rings. The smallest absolute Gasteiger partial charge is 0.259 e. The molecule has 1 amide bonds. The van der Waals surface area contributed by atoms with Crippen molar-refractivity contribution in [3.8, 4) is 11.5 Å². The number of hydrogen-bond donors (Lipinski definition) is 2. The molecule has 1 aromatic heterocycles. The fraction of sp³-hybridized carbons (Fsp3) is 0.280. The normalized spacial score (nSPS) is 11.7. The van der Waals surface area contributed by atoms with Crippen molar-refractivity contribution >= 4 is 17.4 Å². The van der Waals surface area contributed by atoms with E-state index in [0.717, 1.165) is 17.0 Å². The highest BCUT2D eigenvalue weighted by molar-refractivity contribution is 6.07. The van der Waals surface area contributed by atoms with Crippen LogP contribution >= 0.6 is 0 Å². The van der Waals surface area contributed by atoms with Gasteiger partial charge in [0, 0.05) is 11.4 Å². The van der Waals surface area contributed by atoms with Crippen molar-refractivity contribution in [1.82, 2.24) is 4.98 Å². The zero-order valence-corrected chi connectivity index (χ0v) is 18.0. The van der Waals surface area contributed by atoms with E-state index in [0.29, 0.717) is 22.9 Å². The number of nitrogen functional groups attached to an aromatic ring is 1. The lowest BCUT2D eigenvalue weighted by atomic mass is 9.97. The van der Waals surface area contributed by atoms with Gasteiger partial charge in [-0.1, -0.05) is 32.4 Å². The van der Waals surface area contributed by atoms with Crippen LogP contribution in [0.15, 0.2) is 54.6 Å². The number of amides is 1. The molecule has 3 N–H and O–H groups in total. The molecular formula is C25H29N3O2. The summed E-state index contributed by atoms with van der Waals surface area (Å²) in [5.74, 6) is 1.98. The summed E-state index contributed by atoms with van der Waals surface area (Å²) in [4.78, 5) is 16.8. The van der Waals surface area contributed by atoms with Crippen LogP contribution in [0, 0.1) is 13.8 Å². The summed E-state index contributed by atoms with van der Waals surface area (Å²) in [5, 5.41) is 2.85. The van der Waals surface area contributed by atoms with Crippen LogP contribution in [0.2, 0.25) is 0 Å². The predicted octanol–water partition coefficient (Wildman–Crippen LogP) is 6.23. The van der Waals surface area contributed by atoms with Crippen molar-refractivity contribution in [1.29, 1.82) is 0 Å². The highest BCUT2D eigenvalue weighted by Crippen LogP contribution is 2.27. The van der Waals surface area contributed by atoms with Crippen LogP contribution in [0.1, 0.15) is 59.8 Å². The Hall–Kier alpha value is -3.34. The lowest BCUT2D eigenvalue weighted by molar-refractivity contribution is 0.102. The maximum absolute atomic E-state index is 12.5. The van der Waals surface area contributed by atoms with Crippen molar-refractivity contribution in [3.05, 3.63) is 77.0 Å². The highest BCUT2D eigenvalue weighted by atomic mass is 16.5. The fourth-order valence-corrected chi connectivity index (χ4v) is 3.31. The maximum atomic E-state index is 12.5. The number of hydrogen-bond acceptors (Lipinski definition) is 4. The number of carbonyl (C=O) groups is 1. The Labute approximate surface area is 178 Å². The number of anilines is 2. The van der Waals surface area contributed by atoms with Gasteiger partial charge >= 0.3 is 0 Å². The molecule has 0 spiro atoms. The molecule has 0 aliphatic heterocycles. The molecule has 0 radical (unpaired) electrons. The molecule has 5 heteroatoms. The lowest BCUT2D eigenvalue weighted by Crippen LogP contribution is -2.15. The first kappa shape index (κ1) is 21.4. The molecule has 30 heavy (non-hydrogen) atoms. The van der Waals surface area contributed by atoms with Gasteiger partial charge in [0.05, 0.1) is 5.56 Å². The van der Waals surface area contributed by atoms with E-state index in [2.05, 4.69) is 36.3 Å². The van der Waals surface area contributed by atoms with Crippen LogP contribution in [0.3, 0.4) is 0 Å². The average molecular weight is 404 g/mol. The number of aryl methyl sites for hydroxylation is 2. The molecule has 156 valence electrons. The van der Waals surface area contributed by atoms with Crippen molar-refractivity contribution in [3.63, 3.8) is 0 Å². The largest absolute Gasteiger partial charge is 0.457 e. The molecule has 0 aliphatic carbocycles. The molecule has 1 heterocycles. The van der Waals surface area contributed by atoms with Gasteiger partial charge in [-0.3, -0.25) is 4.79 Å². The van der Waals surface area contributed by atoms with E-state index in [-0.39, 0.29) is 11.7 Å². The van der Waals surface area contributed by atoms with Gasteiger partial charge in [-0.15, -0.1) is 0 Å². The Morgan fingerprint density at radius 1 is 1.07 bits per heavy atom.